The number of aromatic nitrogens is 2. The molecule has 1 amide bonds. The minimum absolute atomic E-state index is 0.0158. The minimum atomic E-state index is -0.145. The normalized spacial score (nSPS) is 12.3. The van der Waals surface area contributed by atoms with Crippen LogP contribution in [-0.2, 0) is 11.2 Å². The summed E-state index contributed by atoms with van der Waals surface area (Å²) in [6.07, 6.45) is 2.26. The van der Waals surface area contributed by atoms with Gasteiger partial charge in [-0.3, -0.25) is 9.59 Å². The second kappa shape index (κ2) is 8.43. The van der Waals surface area contributed by atoms with Crippen molar-refractivity contribution >= 4 is 16.8 Å². The summed E-state index contributed by atoms with van der Waals surface area (Å²) in [5.74, 6) is 0.857. The van der Waals surface area contributed by atoms with Crippen LogP contribution in [0.25, 0.3) is 10.9 Å². The quantitative estimate of drug-likeness (QED) is 0.685. The van der Waals surface area contributed by atoms with Crippen LogP contribution in [-0.4, -0.2) is 34.1 Å². The number of aromatic amines is 1. The van der Waals surface area contributed by atoms with Crippen LogP contribution in [0.15, 0.2) is 29.1 Å². The molecule has 0 fully saturated rings. The summed E-state index contributed by atoms with van der Waals surface area (Å²) in [5.41, 5.74) is 0.529. The number of amides is 1. The lowest BCUT2D eigenvalue weighted by atomic mass is 10.1. The van der Waals surface area contributed by atoms with Gasteiger partial charge in [0.25, 0.3) is 5.56 Å². The van der Waals surface area contributed by atoms with E-state index in [-0.39, 0.29) is 24.0 Å². The molecule has 0 saturated heterocycles. The van der Waals surface area contributed by atoms with Crippen LogP contribution in [0.2, 0.25) is 0 Å². The fraction of sp³-hybridized carbons (Fsp3) is 0.471. The lowest BCUT2D eigenvalue weighted by molar-refractivity contribution is -0.121. The van der Waals surface area contributed by atoms with Gasteiger partial charge in [0, 0.05) is 26.0 Å². The van der Waals surface area contributed by atoms with Gasteiger partial charge in [-0.25, -0.2) is 4.98 Å². The number of aryl methyl sites for hydroxylation is 1. The fourth-order valence-corrected chi connectivity index (χ4v) is 2.37. The number of carbonyl (C=O) groups is 1. The molecule has 0 bridgehead atoms. The van der Waals surface area contributed by atoms with E-state index in [0.717, 1.165) is 0 Å². The summed E-state index contributed by atoms with van der Waals surface area (Å²) in [4.78, 5) is 30.9. The molecule has 0 aliphatic heterocycles. The first kappa shape index (κ1) is 17.1. The zero-order valence-electron chi connectivity index (χ0n) is 13.3. The standard InChI is InChI=1S/C17H23N3O3/c1-12(9-10-21)11-18-16(22)8-4-7-15-19-14-6-3-2-5-13(14)17(23)20-15/h2-3,5-6,12,21H,4,7-11H2,1H3,(H,18,22)(H,19,20,23). The SMILES string of the molecule is CC(CCO)CNC(=O)CCCc1nc2ccccc2c(=O)[nH]1. The Morgan fingerprint density at radius 3 is 2.96 bits per heavy atom. The van der Waals surface area contributed by atoms with Crippen LogP contribution in [0.3, 0.4) is 0 Å². The van der Waals surface area contributed by atoms with Crippen molar-refractivity contribution in [2.75, 3.05) is 13.2 Å². The molecule has 3 N–H and O–H groups in total. The maximum Gasteiger partial charge on any atom is 0.258 e. The average molecular weight is 317 g/mol. The highest BCUT2D eigenvalue weighted by Crippen LogP contribution is 2.07. The van der Waals surface area contributed by atoms with Gasteiger partial charge in [0.05, 0.1) is 10.9 Å². The number of hydrogen-bond acceptors (Lipinski definition) is 4. The molecule has 6 heteroatoms. The highest BCUT2D eigenvalue weighted by atomic mass is 16.3. The molecule has 23 heavy (non-hydrogen) atoms. The third kappa shape index (κ3) is 5.17. The molecule has 0 saturated carbocycles. The zero-order chi connectivity index (χ0) is 16.7. The van der Waals surface area contributed by atoms with Crippen molar-refractivity contribution in [3.8, 4) is 0 Å². The molecule has 1 heterocycles. The molecule has 124 valence electrons. The number of H-pyrrole nitrogens is 1. The summed E-state index contributed by atoms with van der Waals surface area (Å²) < 4.78 is 0. The molecule has 0 aliphatic rings. The van der Waals surface area contributed by atoms with Crippen LogP contribution in [0.5, 0.6) is 0 Å². The van der Waals surface area contributed by atoms with Crippen molar-refractivity contribution in [1.29, 1.82) is 0 Å². The Bertz CT molecular complexity index is 712. The van der Waals surface area contributed by atoms with Gasteiger partial charge >= 0.3 is 0 Å². The van der Waals surface area contributed by atoms with E-state index in [1.54, 1.807) is 12.1 Å². The molecule has 1 aromatic heterocycles. The Balaban J connectivity index is 1.82. The third-order valence-corrected chi connectivity index (χ3v) is 3.75. The first-order valence-electron chi connectivity index (χ1n) is 7.95. The summed E-state index contributed by atoms with van der Waals surface area (Å²) in [6, 6.07) is 7.20. The lowest BCUT2D eigenvalue weighted by Gasteiger charge is -2.11. The smallest absolute Gasteiger partial charge is 0.258 e. The first-order valence-corrected chi connectivity index (χ1v) is 7.95. The van der Waals surface area contributed by atoms with Crippen molar-refractivity contribution in [1.82, 2.24) is 15.3 Å². The van der Waals surface area contributed by atoms with E-state index >= 15 is 0 Å². The van der Waals surface area contributed by atoms with Gasteiger partial charge in [-0.05, 0) is 30.9 Å². The van der Waals surface area contributed by atoms with Gasteiger partial charge in [-0.1, -0.05) is 19.1 Å². The van der Waals surface area contributed by atoms with E-state index in [4.69, 9.17) is 5.11 Å². The van der Waals surface area contributed by atoms with Gasteiger partial charge < -0.3 is 15.4 Å². The van der Waals surface area contributed by atoms with Crippen LogP contribution < -0.4 is 10.9 Å². The van der Waals surface area contributed by atoms with Crippen molar-refractivity contribution in [2.45, 2.75) is 32.6 Å². The number of carbonyl (C=O) groups excluding carboxylic acids is 1. The monoisotopic (exact) mass is 317 g/mol. The van der Waals surface area contributed by atoms with E-state index in [1.807, 2.05) is 19.1 Å². The van der Waals surface area contributed by atoms with Crippen LogP contribution in [0.1, 0.15) is 32.0 Å². The summed E-state index contributed by atoms with van der Waals surface area (Å²) in [6.45, 7) is 2.70. The number of nitrogens with zero attached hydrogens (tertiary/aromatic N) is 1. The molecule has 2 rings (SSSR count). The molecular weight excluding hydrogens is 294 g/mol. The lowest BCUT2D eigenvalue weighted by Crippen LogP contribution is -2.28. The molecule has 1 atom stereocenters. The Labute approximate surface area is 135 Å². The predicted molar refractivity (Wildman–Crippen MR) is 89.2 cm³/mol. The summed E-state index contributed by atoms with van der Waals surface area (Å²) >= 11 is 0. The van der Waals surface area contributed by atoms with Crippen molar-refractivity contribution in [3.05, 3.63) is 40.4 Å². The Hall–Kier alpha value is -2.21. The predicted octanol–water partition coefficient (Wildman–Crippen LogP) is 1.38. The molecule has 0 aliphatic carbocycles. The number of nitrogens with one attached hydrogen (secondary N) is 2. The topological polar surface area (TPSA) is 95.1 Å². The van der Waals surface area contributed by atoms with E-state index in [1.165, 1.54) is 0 Å². The van der Waals surface area contributed by atoms with Gasteiger partial charge in [0.2, 0.25) is 5.91 Å². The second-order valence-electron chi connectivity index (χ2n) is 5.80. The molecule has 1 aromatic carbocycles. The van der Waals surface area contributed by atoms with Crippen molar-refractivity contribution in [2.24, 2.45) is 5.92 Å². The van der Waals surface area contributed by atoms with E-state index < -0.39 is 0 Å². The van der Waals surface area contributed by atoms with E-state index in [0.29, 0.717) is 49.0 Å². The molecular formula is C17H23N3O3. The Morgan fingerprint density at radius 2 is 2.17 bits per heavy atom. The maximum atomic E-state index is 11.9. The number of para-hydroxylation sites is 1. The second-order valence-corrected chi connectivity index (χ2v) is 5.80. The van der Waals surface area contributed by atoms with Crippen LogP contribution in [0, 0.1) is 5.92 Å². The number of aliphatic hydroxyl groups is 1. The van der Waals surface area contributed by atoms with Crippen molar-refractivity contribution in [3.63, 3.8) is 0 Å². The highest BCUT2D eigenvalue weighted by Gasteiger charge is 2.07. The van der Waals surface area contributed by atoms with Gasteiger partial charge in [-0.2, -0.15) is 0 Å². The number of rotatable bonds is 8. The minimum Gasteiger partial charge on any atom is -0.396 e. The van der Waals surface area contributed by atoms with Gasteiger partial charge in [0.1, 0.15) is 5.82 Å². The Morgan fingerprint density at radius 1 is 1.39 bits per heavy atom. The molecule has 1 unspecified atom stereocenters. The number of benzene rings is 1. The first-order chi connectivity index (χ1) is 11.1. The average Bonchev–Trinajstić information content (AvgIpc) is 2.53. The molecule has 0 spiro atoms. The number of hydrogen-bond donors (Lipinski definition) is 3. The van der Waals surface area contributed by atoms with Crippen molar-refractivity contribution < 1.29 is 9.90 Å². The maximum absolute atomic E-state index is 11.9. The Kier molecular flexibility index (Phi) is 6.29. The molecule has 2 aromatic rings. The van der Waals surface area contributed by atoms with Crippen LogP contribution >= 0.6 is 0 Å². The largest absolute Gasteiger partial charge is 0.396 e. The van der Waals surface area contributed by atoms with Gasteiger partial charge in [0.15, 0.2) is 0 Å². The van der Waals surface area contributed by atoms with E-state index in [2.05, 4.69) is 15.3 Å². The summed E-state index contributed by atoms with van der Waals surface area (Å²) in [5, 5.41) is 12.2. The molecule has 0 radical (unpaired) electrons. The number of fused-ring (bicyclic) bond motifs is 1. The van der Waals surface area contributed by atoms with Crippen LogP contribution in [0.4, 0.5) is 0 Å². The number of aliphatic hydroxyl groups excluding tert-OH is 1. The summed E-state index contributed by atoms with van der Waals surface area (Å²) in [7, 11) is 0. The molecule has 6 nitrogen and oxygen atoms in total. The zero-order valence-corrected chi connectivity index (χ0v) is 13.3. The third-order valence-electron chi connectivity index (χ3n) is 3.75. The van der Waals surface area contributed by atoms with E-state index in [9.17, 15) is 9.59 Å². The fourth-order valence-electron chi connectivity index (χ4n) is 2.37. The van der Waals surface area contributed by atoms with Gasteiger partial charge in [-0.15, -0.1) is 0 Å². The highest BCUT2D eigenvalue weighted by molar-refractivity contribution is 5.77.